The third-order valence-electron chi connectivity index (χ3n) is 4.22. The maximum Gasteiger partial charge on any atom is 0.186 e. The first-order valence-electron chi connectivity index (χ1n) is 8.37. The SMILES string of the molecule is CO[C@@H]1O[C@H](CI)[C@H](OCc2ccccc2)[C@H]1OCc1ccccc1. The Hall–Kier alpha value is -0.990. The van der Waals surface area contributed by atoms with E-state index in [9.17, 15) is 0 Å². The molecular weight excluding hydrogens is 431 g/mol. The quantitative estimate of drug-likeness (QED) is 0.447. The fraction of sp³-hybridized carbons (Fsp3) is 0.400. The summed E-state index contributed by atoms with van der Waals surface area (Å²) in [5.74, 6) is 0. The average Bonchev–Trinajstić information content (AvgIpc) is 3.03. The molecule has 25 heavy (non-hydrogen) atoms. The summed E-state index contributed by atoms with van der Waals surface area (Å²) in [6, 6.07) is 20.3. The van der Waals surface area contributed by atoms with Crippen molar-refractivity contribution in [2.24, 2.45) is 0 Å². The summed E-state index contributed by atoms with van der Waals surface area (Å²) in [6.45, 7) is 1.04. The van der Waals surface area contributed by atoms with Gasteiger partial charge in [-0.15, -0.1) is 0 Å². The molecule has 0 N–H and O–H groups in total. The van der Waals surface area contributed by atoms with E-state index in [4.69, 9.17) is 18.9 Å². The third-order valence-corrected chi connectivity index (χ3v) is 5.09. The minimum absolute atomic E-state index is 0.0463. The van der Waals surface area contributed by atoms with E-state index in [0.29, 0.717) is 13.2 Å². The summed E-state index contributed by atoms with van der Waals surface area (Å²) >= 11 is 2.32. The number of rotatable bonds is 8. The Morgan fingerprint density at radius 2 is 1.36 bits per heavy atom. The number of benzene rings is 2. The average molecular weight is 454 g/mol. The molecule has 0 spiro atoms. The molecule has 0 saturated carbocycles. The molecule has 134 valence electrons. The van der Waals surface area contributed by atoms with Crippen LogP contribution in [-0.2, 0) is 32.2 Å². The van der Waals surface area contributed by atoms with E-state index in [2.05, 4.69) is 34.7 Å². The first-order valence-corrected chi connectivity index (χ1v) is 9.89. The van der Waals surface area contributed by atoms with Crippen LogP contribution in [-0.4, -0.2) is 36.1 Å². The van der Waals surface area contributed by atoms with E-state index in [1.54, 1.807) is 7.11 Å². The van der Waals surface area contributed by atoms with Gasteiger partial charge in [-0.2, -0.15) is 0 Å². The molecule has 0 amide bonds. The van der Waals surface area contributed by atoms with Crippen molar-refractivity contribution in [1.82, 2.24) is 0 Å². The van der Waals surface area contributed by atoms with Crippen LogP contribution >= 0.6 is 22.6 Å². The molecule has 0 aliphatic carbocycles. The van der Waals surface area contributed by atoms with Crippen molar-refractivity contribution in [2.45, 2.75) is 37.8 Å². The second-order valence-corrected chi connectivity index (χ2v) is 6.84. The predicted molar refractivity (Wildman–Crippen MR) is 105 cm³/mol. The van der Waals surface area contributed by atoms with Gasteiger partial charge in [0.2, 0.25) is 0 Å². The molecule has 4 nitrogen and oxygen atoms in total. The van der Waals surface area contributed by atoms with Gasteiger partial charge in [0.05, 0.1) is 19.3 Å². The van der Waals surface area contributed by atoms with Crippen molar-refractivity contribution in [3.8, 4) is 0 Å². The first kappa shape index (κ1) is 18.8. The molecule has 1 fully saturated rings. The van der Waals surface area contributed by atoms with Gasteiger partial charge in [0.15, 0.2) is 6.29 Å². The molecule has 5 heteroatoms. The van der Waals surface area contributed by atoms with Crippen LogP contribution in [0.5, 0.6) is 0 Å². The molecule has 0 unspecified atom stereocenters. The van der Waals surface area contributed by atoms with Gasteiger partial charge < -0.3 is 18.9 Å². The van der Waals surface area contributed by atoms with Crippen molar-refractivity contribution in [2.75, 3.05) is 11.5 Å². The van der Waals surface area contributed by atoms with Crippen molar-refractivity contribution >= 4 is 22.6 Å². The molecule has 2 aromatic carbocycles. The van der Waals surface area contributed by atoms with Gasteiger partial charge in [0, 0.05) is 11.5 Å². The number of methoxy groups -OCH3 is 1. The molecule has 0 radical (unpaired) electrons. The lowest BCUT2D eigenvalue weighted by atomic mass is 10.1. The highest BCUT2D eigenvalue weighted by Crippen LogP contribution is 2.30. The molecule has 0 bridgehead atoms. The van der Waals surface area contributed by atoms with Gasteiger partial charge in [-0.3, -0.25) is 0 Å². The first-order chi connectivity index (χ1) is 12.3. The Morgan fingerprint density at radius 3 is 1.84 bits per heavy atom. The third kappa shape index (κ3) is 5.01. The zero-order valence-corrected chi connectivity index (χ0v) is 16.4. The van der Waals surface area contributed by atoms with Crippen LogP contribution in [0.3, 0.4) is 0 Å². The molecule has 1 heterocycles. The van der Waals surface area contributed by atoms with Gasteiger partial charge in [-0.1, -0.05) is 83.3 Å². The summed E-state index contributed by atoms with van der Waals surface area (Å²) in [5.41, 5.74) is 2.26. The van der Waals surface area contributed by atoms with Gasteiger partial charge in [-0.05, 0) is 11.1 Å². The van der Waals surface area contributed by atoms with Crippen molar-refractivity contribution in [3.05, 3.63) is 71.8 Å². The highest BCUT2D eigenvalue weighted by Gasteiger charge is 2.46. The fourth-order valence-corrected chi connectivity index (χ4v) is 3.63. The number of alkyl halides is 1. The van der Waals surface area contributed by atoms with Crippen molar-refractivity contribution in [3.63, 3.8) is 0 Å². The predicted octanol–water partition coefficient (Wildman–Crippen LogP) is 3.96. The van der Waals surface area contributed by atoms with E-state index >= 15 is 0 Å². The highest BCUT2D eigenvalue weighted by molar-refractivity contribution is 14.1. The van der Waals surface area contributed by atoms with E-state index < -0.39 is 6.29 Å². The summed E-state index contributed by atoms with van der Waals surface area (Å²) in [4.78, 5) is 0. The summed E-state index contributed by atoms with van der Waals surface area (Å²) < 4.78 is 24.6. The highest BCUT2D eigenvalue weighted by atomic mass is 127. The van der Waals surface area contributed by atoms with E-state index in [1.807, 2.05) is 48.5 Å². The summed E-state index contributed by atoms with van der Waals surface area (Å²) in [7, 11) is 1.65. The molecule has 4 atom stereocenters. The van der Waals surface area contributed by atoms with E-state index in [0.717, 1.165) is 15.6 Å². The lowest BCUT2D eigenvalue weighted by molar-refractivity contribution is -0.165. The zero-order valence-electron chi connectivity index (χ0n) is 14.2. The molecule has 2 aromatic rings. The monoisotopic (exact) mass is 454 g/mol. The molecule has 0 aromatic heterocycles. The Morgan fingerprint density at radius 1 is 0.840 bits per heavy atom. The zero-order chi connectivity index (χ0) is 17.5. The molecule has 1 aliphatic rings. The smallest absolute Gasteiger partial charge is 0.186 e. The van der Waals surface area contributed by atoms with Gasteiger partial charge in [-0.25, -0.2) is 0 Å². The van der Waals surface area contributed by atoms with Crippen LogP contribution in [0.1, 0.15) is 11.1 Å². The van der Waals surface area contributed by atoms with E-state index in [-0.39, 0.29) is 18.3 Å². The maximum atomic E-state index is 6.19. The van der Waals surface area contributed by atoms with Gasteiger partial charge >= 0.3 is 0 Å². The number of hydrogen-bond donors (Lipinski definition) is 0. The van der Waals surface area contributed by atoms with Gasteiger partial charge in [0.1, 0.15) is 12.2 Å². The molecular formula is C20H23IO4. The van der Waals surface area contributed by atoms with Crippen LogP contribution in [0.25, 0.3) is 0 Å². The number of halogens is 1. The topological polar surface area (TPSA) is 36.9 Å². The van der Waals surface area contributed by atoms with Crippen LogP contribution in [0.4, 0.5) is 0 Å². The second kappa shape index (κ2) is 9.64. The second-order valence-electron chi connectivity index (χ2n) is 5.96. The van der Waals surface area contributed by atoms with Crippen LogP contribution in [0.2, 0.25) is 0 Å². The van der Waals surface area contributed by atoms with Crippen LogP contribution in [0, 0.1) is 0 Å². The molecule has 3 rings (SSSR count). The Bertz CT molecular complexity index is 567. The largest absolute Gasteiger partial charge is 0.368 e. The lowest BCUT2D eigenvalue weighted by Gasteiger charge is -2.24. The fourth-order valence-electron chi connectivity index (χ4n) is 2.92. The summed E-state index contributed by atoms with van der Waals surface area (Å²) in [6.07, 6.45) is -0.876. The normalized spacial score (nSPS) is 26.0. The van der Waals surface area contributed by atoms with Crippen LogP contribution in [0.15, 0.2) is 60.7 Å². The Kier molecular flexibility index (Phi) is 7.24. The standard InChI is InChI=1S/C20H23IO4/c1-22-20-19(24-14-16-10-6-3-7-11-16)18(17(12-21)25-20)23-13-15-8-4-2-5-9-15/h2-11,17-20H,12-14H2,1H3/t17-,18+,19-,20-/m1/s1. The Labute approximate surface area is 162 Å². The van der Waals surface area contributed by atoms with Gasteiger partial charge in [0.25, 0.3) is 0 Å². The minimum atomic E-state index is -0.413. The maximum absolute atomic E-state index is 6.19. The number of hydrogen-bond acceptors (Lipinski definition) is 4. The van der Waals surface area contributed by atoms with E-state index in [1.165, 1.54) is 0 Å². The Balaban J connectivity index is 1.66. The number of ether oxygens (including phenoxy) is 4. The summed E-state index contributed by atoms with van der Waals surface area (Å²) in [5, 5.41) is 0. The minimum Gasteiger partial charge on any atom is -0.368 e. The van der Waals surface area contributed by atoms with Crippen LogP contribution < -0.4 is 0 Å². The lowest BCUT2D eigenvalue weighted by Crippen LogP contribution is -2.38. The van der Waals surface area contributed by atoms with Crippen molar-refractivity contribution < 1.29 is 18.9 Å². The molecule has 1 aliphatic heterocycles. The molecule has 1 saturated heterocycles. The van der Waals surface area contributed by atoms with Crippen molar-refractivity contribution in [1.29, 1.82) is 0 Å².